The number of phenols is 1. The van der Waals surface area contributed by atoms with E-state index in [4.69, 9.17) is 23.2 Å². The molecule has 0 bridgehead atoms. The van der Waals surface area contributed by atoms with Gasteiger partial charge in [0.2, 0.25) is 0 Å². The van der Waals surface area contributed by atoms with E-state index < -0.39 is 0 Å². The van der Waals surface area contributed by atoms with E-state index in [0.717, 1.165) is 5.56 Å². The van der Waals surface area contributed by atoms with Crippen molar-refractivity contribution in [3.05, 3.63) is 63.9 Å². The van der Waals surface area contributed by atoms with Crippen molar-refractivity contribution in [3.63, 3.8) is 0 Å². The molecule has 3 rings (SSSR count). The standard InChI is InChI=1S/C16H11Cl2N3O/c17-11-7-5-10(13(18)9-11)6-8-15-19-16(21-20-15)12-3-1-2-4-14(12)22/h1-9,22H,(H,19,20,21)/b8-6+. The van der Waals surface area contributed by atoms with Crippen molar-refractivity contribution >= 4 is 35.4 Å². The van der Waals surface area contributed by atoms with Crippen LogP contribution in [-0.2, 0) is 0 Å². The Morgan fingerprint density at radius 1 is 1.05 bits per heavy atom. The number of rotatable bonds is 3. The molecule has 3 aromatic rings. The minimum atomic E-state index is 0.137. The van der Waals surface area contributed by atoms with E-state index in [0.29, 0.717) is 27.3 Å². The molecular weight excluding hydrogens is 321 g/mol. The minimum absolute atomic E-state index is 0.137. The summed E-state index contributed by atoms with van der Waals surface area (Å²) in [6.07, 6.45) is 3.57. The van der Waals surface area contributed by atoms with Crippen LogP contribution in [-0.4, -0.2) is 20.3 Å². The highest BCUT2D eigenvalue weighted by molar-refractivity contribution is 6.35. The molecule has 0 saturated carbocycles. The quantitative estimate of drug-likeness (QED) is 0.734. The average Bonchev–Trinajstić information content (AvgIpc) is 2.95. The van der Waals surface area contributed by atoms with Crippen molar-refractivity contribution < 1.29 is 5.11 Å². The average molecular weight is 332 g/mol. The van der Waals surface area contributed by atoms with Crippen molar-refractivity contribution in [3.8, 4) is 17.1 Å². The molecule has 22 heavy (non-hydrogen) atoms. The summed E-state index contributed by atoms with van der Waals surface area (Å²) >= 11 is 12.0. The third kappa shape index (κ3) is 3.13. The molecule has 1 heterocycles. The van der Waals surface area contributed by atoms with Crippen molar-refractivity contribution in [1.29, 1.82) is 0 Å². The van der Waals surface area contributed by atoms with Crippen LogP contribution < -0.4 is 0 Å². The maximum atomic E-state index is 9.80. The Morgan fingerprint density at radius 3 is 2.64 bits per heavy atom. The first-order chi connectivity index (χ1) is 10.6. The van der Waals surface area contributed by atoms with Crippen molar-refractivity contribution in [2.24, 2.45) is 0 Å². The molecule has 0 aliphatic rings. The van der Waals surface area contributed by atoms with E-state index in [-0.39, 0.29) is 5.75 Å². The number of hydrogen-bond donors (Lipinski definition) is 2. The van der Waals surface area contributed by atoms with Gasteiger partial charge in [-0.3, -0.25) is 5.10 Å². The van der Waals surface area contributed by atoms with E-state index >= 15 is 0 Å². The lowest BCUT2D eigenvalue weighted by atomic mass is 10.2. The van der Waals surface area contributed by atoms with Gasteiger partial charge in [-0.25, -0.2) is 4.98 Å². The zero-order chi connectivity index (χ0) is 15.5. The molecule has 0 spiro atoms. The molecule has 0 atom stereocenters. The number of hydrogen-bond acceptors (Lipinski definition) is 3. The van der Waals surface area contributed by atoms with Crippen LogP contribution in [0.5, 0.6) is 5.75 Å². The van der Waals surface area contributed by atoms with E-state index in [1.807, 2.05) is 18.2 Å². The van der Waals surface area contributed by atoms with Crippen LogP contribution in [0, 0.1) is 0 Å². The third-order valence-electron chi connectivity index (χ3n) is 3.03. The topological polar surface area (TPSA) is 61.8 Å². The molecule has 1 aromatic heterocycles. The Kier molecular flexibility index (Phi) is 4.13. The Hall–Kier alpha value is -2.30. The molecule has 0 aliphatic carbocycles. The van der Waals surface area contributed by atoms with Gasteiger partial charge in [-0.2, -0.15) is 5.10 Å². The molecule has 4 nitrogen and oxygen atoms in total. The van der Waals surface area contributed by atoms with Crippen LogP contribution in [0.15, 0.2) is 42.5 Å². The number of aromatic nitrogens is 3. The summed E-state index contributed by atoms with van der Waals surface area (Å²) in [6, 6.07) is 12.2. The summed E-state index contributed by atoms with van der Waals surface area (Å²) in [5.41, 5.74) is 1.40. The Balaban J connectivity index is 1.85. The van der Waals surface area contributed by atoms with Gasteiger partial charge >= 0.3 is 0 Å². The van der Waals surface area contributed by atoms with Gasteiger partial charge in [-0.15, -0.1) is 0 Å². The summed E-state index contributed by atoms with van der Waals surface area (Å²) in [4.78, 5) is 4.32. The lowest BCUT2D eigenvalue weighted by molar-refractivity contribution is 0.477. The highest BCUT2D eigenvalue weighted by Gasteiger charge is 2.08. The lowest BCUT2D eigenvalue weighted by Gasteiger charge is -1.98. The molecule has 2 N–H and O–H groups in total. The fourth-order valence-corrected chi connectivity index (χ4v) is 2.41. The molecule has 0 radical (unpaired) electrons. The lowest BCUT2D eigenvalue weighted by Crippen LogP contribution is -1.81. The smallest absolute Gasteiger partial charge is 0.185 e. The molecule has 0 fully saturated rings. The fraction of sp³-hybridized carbons (Fsp3) is 0. The maximum absolute atomic E-state index is 9.80. The van der Waals surface area contributed by atoms with Gasteiger partial charge in [0.25, 0.3) is 0 Å². The largest absolute Gasteiger partial charge is 0.507 e. The van der Waals surface area contributed by atoms with Gasteiger partial charge in [0.15, 0.2) is 5.82 Å². The molecule has 0 saturated heterocycles. The Morgan fingerprint density at radius 2 is 1.86 bits per heavy atom. The number of aromatic hydroxyl groups is 1. The van der Waals surface area contributed by atoms with Crippen molar-refractivity contribution in [2.75, 3.05) is 0 Å². The first kappa shape index (κ1) is 14.6. The number of benzene rings is 2. The van der Waals surface area contributed by atoms with Gasteiger partial charge in [0.1, 0.15) is 11.6 Å². The third-order valence-corrected chi connectivity index (χ3v) is 3.59. The minimum Gasteiger partial charge on any atom is -0.507 e. The molecule has 0 unspecified atom stereocenters. The molecule has 0 amide bonds. The summed E-state index contributed by atoms with van der Waals surface area (Å²) in [5.74, 6) is 1.13. The van der Waals surface area contributed by atoms with Crippen LogP contribution in [0.25, 0.3) is 23.5 Å². The molecule has 2 aromatic carbocycles. The second-order valence-corrected chi connectivity index (χ2v) is 5.40. The number of nitrogens with zero attached hydrogens (tertiary/aromatic N) is 2. The number of H-pyrrole nitrogens is 1. The second kappa shape index (κ2) is 6.22. The molecule has 0 aliphatic heterocycles. The zero-order valence-corrected chi connectivity index (χ0v) is 12.8. The van der Waals surface area contributed by atoms with Gasteiger partial charge in [0.05, 0.1) is 5.56 Å². The van der Waals surface area contributed by atoms with Crippen LogP contribution in [0.1, 0.15) is 11.4 Å². The highest BCUT2D eigenvalue weighted by Crippen LogP contribution is 2.26. The van der Waals surface area contributed by atoms with Crippen LogP contribution in [0.4, 0.5) is 0 Å². The number of phenolic OH excluding ortho intramolecular Hbond substituents is 1. The Bertz CT molecular complexity index is 843. The number of aromatic amines is 1. The predicted molar refractivity (Wildman–Crippen MR) is 88.9 cm³/mol. The van der Waals surface area contributed by atoms with Crippen LogP contribution in [0.2, 0.25) is 10.0 Å². The Labute approximate surface area is 137 Å². The zero-order valence-electron chi connectivity index (χ0n) is 11.3. The van der Waals surface area contributed by atoms with Crippen molar-refractivity contribution in [2.45, 2.75) is 0 Å². The summed E-state index contributed by atoms with van der Waals surface area (Å²) in [5, 5.41) is 17.8. The molecule has 110 valence electrons. The summed E-state index contributed by atoms with van der Waals surface area (Å²) in [7, 11) is 0. The first-order valence-electron chi connectivity index (χ1n) is 6.47. The first-order valence-corrected chi connectivity index (χ1v) is 7.23. The normalized spacial score (nSPS) is 11.2. The number of halogens is 2. The maximum Gasteiger partial charge on any atom is 0.185 e. The predicted octanol–water partition coefficient (Wildman–Crippen LogP) is 4.65. The second-order valence-electron chi connectivity index (χ2n) is 4.56. The SMILES string of the molecule is Oc1ccccc1-c1n[nH]c(/C=C/c2ccc(Cl)cc2Cl)n1. The van der Waals surface area contributed by atoms with Crippen LogP contribution >= 0.6 is 23.2 Å². The van der Waals surface area contributed by atoms with E-state index in [1.54, 1.807) is 36.4 Å². The number of para-hydroxylation sites is 1. The highest BCUT2D eigenvalue weighted by atomic mass is 35.5. The van der Waals surface area contributed by atoms with Gasteiger partial charge < -0.3 is 5.11 Å². The summed E-state index contributed by atoms with van der Waals surface area (Å²) < 4.78 is 0. The molecule has 6 heteroatoms. The van der Waals surface area contributed by atoms with Crippen LogP contribution in [0.3, 0.4) is 0 Å². The summed E-state index contributed by atoms with van der Waals surface area (Å²) in [6.45, 7) is 0. The fourth-order valence-electron chi connectivity index (χ4n) is 1.94. The van der Waals surface area contributed by atoms with E-state index in [1.165, 1.54) is 0 Å². The van der Waals surface area contributed by atoms with Crippen molar-refractivity contribution in [1.82, 2.24) is 15.2 Å². The van der Waals surface area contributed by atoms with Gasteiger partial charge in [-0.1, -0.05) is 41.4 Å². The molecular formula is C16H11Cl2N3O. The van der Waals surface area contributed by atoms with Gasteiger partial charge in [-0.05, 0) is 42.0 Å². The monoisotopic (exact) mass is 331 g/mol. The van der Waals surface area contributed by atoms with E-state index in [9.17, 15) is 5.11 Å². The van der Waals surface area contributed by atoms with E-state index in [2.05, 4.69) is 15.2 Å². The van der Waals surface area contributed by atoms with Gasteiger partial charge in [0, 0.05) is 10.0 Å². The number of nitrogens with one attached hydrogen (secondary N) is 1.